The Morgan fingerprint density at radius 3 is 2.44 bits per heavy atom. The number of piperidine rings is 1. The van der Waals surface area contributed by atoms with Crippen molar-refractivity contribution in [2.24, 2.45) is 0 Å². The molecular formula is C19H27N3O3S2. The Bertz CT molecular complexity index is 906. The summed E-state index contributed by atoms with van der Waals surface area (Å²) >= 11 is 1.21. The average Bonchev–Trinajstić information content (AvgIpc) is 3.23. The molecule has 1 aliphatic heterocycles. The summed E-state index contributed by atoms with van der Waals surface area (Å²) in [6, 6.07) is 5.47. The van der Waals surface area contributed by atoms with Gasteiger partial charge in [-0.05, 0) is 58.0 Å². The van der Waals surface area contributed by atoms with E-state index in [0.717, 1.165) is 17.0 Å². The van der Waals surface area contributed by atoms with Crippen molar-refractivity contribution in [3.8, 4) is 0 Å². The van der Waals surface area contributed by atoms with Crippen LogP contribution in [0.15, 0.2) is 27.8 Å². The number of nitrogens with zero attached hydrogens (tertiary/aromatic N) is 2. The third kappa shape index (κ3) is 4.12. The Morgan fingerprint density at radius 1 is 1.26 bits per heavy atom. The van der Waals surface area contributed by atoms with Crippen molar-refractivity contribution >= 4 is 27.3 Å². The normalized spacial score (nSPS) is 16.3. The predicted octanol–water partition coefficient (Wildman–Crippen LogP) is 3.33. The minimum absolute atomic E-state index is 0.0366. The summed E-state index contributed by atoms with van der Waals surface area (Å²) in [7, 11) is -3.46. The number of rotatable bonds is 5. The molecule has 1 fully saturated rings. The monoisotopic (exact) mass is 409 g/mol. The van der Waals surface area contributed by atoms with E-state index < -0.39 is 10.0 Å². The van der Waals surface area contributed by atoms with Gasteiger partial charge in [0.05, 0.1) is 5.56 Å². The molecule has 8 heteroatoms. The molecule has 0 aromatic carbocycles. The molecule has 0 radical (unpaired) electrons. The summed E-state index contributed by atoms with van der Waals surface area (Å²) in [5.74, 6) is 0.0366. The van der Waals surface area contributed by atoms with Crippen LogP contribution in [0.5, 0.6) is 0 Å². The molecule has 6 nitrogen and oxygen atoms in total. The minimum atomic E-state index is -3.46. The maximum atomic E-state index is 13.0. The predicted molar refractivity (Wildman–Crippen MR) is 108 cm³/mol. The van der Waals surface area contributed by atoms with Gasteiger partial charge in [-0.3, -0.25) is 4.79 Å². The van der Waals surface area contributed by atoms with Gasteiger partial charge in [-0.15, -0.1) is 11.3 Å². The molecule has 0 saturated carbocycles. The third-order valence-corrected chi connectivity index (χ3v) is 8.01. The van der Waals surface area contributed by atoms with E-state index in [1.54, 1.807) is 17.5 Å². The van der Waals surface area contributed by atoms with E-state index in [-0.39, 0.29) is 11.9 Å². The molecule has 148 valence electrons. The Hall–Kier alpha value is -1.64. The van der Waals surface area contributed by atoms with Gasteiger partial charge in [-0.25, -0.2) is 13.1 Å². The van der Waals surface area contributed by atoms with E-state index in [2.05, 4.69) is 23.1 Å². The summed E-state index contributed by atoms with van der Waals surface area (Å²) in [5, 5.41) is 1.75. The molecule has 3 rings (SSSR count). The fraction of sp³-hybridized carbons (Fsp3) is 0.526. The summed E-state index contributed by atoms with van der Waals surface area (Å²) in [4.78, 5) is 14.8. The first-order valence-electron chi connectivity index (χ1n) is 9.24. The second-order valence-corrected chi connectivity index (χ2v) is 10.3. The van der Waals surface area contributed by atoms with Crippen LogP contribution in [-0.2, 0) is 10.0 Å². The van der Waals surface area contributed by atoms with Gasteiger partial charge < -0.3 is 9.47 Å². The van der Waals surface area contributed by atoms with Crippen molar-refractivity contribution in [3.63, 3.8) is 0 Å². The van der Waals surface area contributed by atoms with E-state index in [1.165, 1.54) is 11.3 Å². The highest BCUT2D eigenvalue weighted by Gasteiger charge is 2.29. The first-order valence-corrected chi connectivity index (χ1v) is 11.6. The minimum Gasteiger partial charge on any atom is -0.346 e. The number of carbonyl (C=O) groups is 1. The largest absolute Gasteiger partial charge is 0.346 e. The fourth-order valence-corrected chi connectivity index (χ4v) is 6.17. The number of thiophene rings is 1. The molecule has 3 heterocycles. The lowest BCUT2D eigenvalue weighted by Gasteiger charge is -2.32. The van der Waals surface area contributed by atoms with Gasteiger partial charge in [0, 0.05) is 36.6 Å². The van der Waals surface area contributed by atoms with Crippen LogP contribution in [0.25, 0.3) is 0 Å². The molecule has 1 saturated heterocycles. The van der Waals surface area contributed by atoms with Gasteiger partial charge in [-0.1, -0.05) is 6.07 Å². The van der Waals surface area contributed by atoms with E-state index in [1.807, 2.05) is 24.8 Å². The van der Waals surface area contributed by atoms with E-state index in [4.69, 9.17) is 0 Å². The van der Waals surface area contributed by atoms with Crippen molar-refractivity contribution < 1.29 is 13.2 Å². The lowest BCUT2D eigenvalue weighted by atomic mass is 10.0. The van der Waals surface area contributed by atoms with Crippen LogP contribution < -0.4 is 4.72 Å². The van der Waals surface area contributed by atoms with Crippen LogP contribution in [-0.4, -0.2) is 42.9 Å². The molecule has 0 atom stereocenters. The lowest BCUT2D eigenvalue weighted by molar-refractivity contribution is 0.0710. The van der Waals surface area contributed by atoms with Crippen molar-refractivity contribution in [1.29, 1.82) is 0 Å². The van der Waals surface area contributed by atoms with Crippen LogP contribution in [0.3, 0.4) is 0 Å². The molecule has 27 heavy (non-hydrogen) atoms. The number of aromatic nitrogens is 1. The smallest absolute Gasteiger partial charge is 0.255 e. The van der Waals surface area contributed by atoms with Crippen LogP contribution in [0, 0.1) is 13.8 Å². The average molecular weight is 410 g/mol. The van der Waals surface area contributed by atoms with E-state index in [9.17, 15) is 13.2 Å². The summed E-state index contributed by atoms with van der Waals surface area (Å²) in [6.45, 7) is 9.35. The number of nitrogens with one attached hydrogen (secondary N) is 1. The molecule has 0 bridgehead atoms. The number of hydrogen-bond acceptors (Lipinski definition) is 4. The van der Waals surface area contributed by atoms with Crippen LogP contribution in [0.1, 0.15) is 54.5 Å². The number of likely N-dealkylation sites (tertiary alicyclic amines) is 1. The van der Waals surface area contributed by atoms with E-state index >= 15 is 0 Å². The molecule has 0 aliphatic carbocycles. The maximum Gasteiger partial charge on any atom is 0.255 e. The van der Waals surface area contributed by atoms with E-state index in [0.29, 0.717) is 36.2 Å². The first kappa shape index (κ1) is 20.1. The highest BCUT2D eigenvalue weighted by Crippen LogP contribution is 2.24. The van der Waals surface area contributed by atoms with Crippen LogP contribution in [0.2, 0.25) is 0 Å². The van der Waals surface area contributed by atoms with Crippen molar-refractivity contribution in [2.45, 2.75) is 56.8 Å². The third-order valence-electron chi connectivity index (χ3n) is 5.10. The fourth-order valence-electron chi connectivity index (χ4n) is 3.85. The molecule has 1 N–H and O–H groups in total. The highest BCUT2D eigenvalue weighted by molar-refractivity contribution is 7.91. The number of carbonyl (C=O) groups excluding carboxylic acids is 1. The van der Waals surface area contributed by atoms with Gasteiger partial charge >= 0.3 is 0 Å². The Kier molecular flexibility index (Phi) is 5.79. The second-order valence-electron chi connectivity index (χ2n) is 7.37. The molecule has 1 amide bonds. The second kappa shape index (κ2) is 7.77. The Morgan fingerprint density at radius 2 is 1.93 bits per heavy atom. The number of sulfonamides is 1. The zero-order valence-electron chi connectivity index (χ0n) is 16.2. The number of hydrogen-bond donors (Lipinski definition) is 1. The Labute approximate surface area is 165 Å². The molecule has 0 unspecified atom stereocenters. The summed E-state index contributed by atoms with van der Waals surface area (Å²) in [6.07, 6.45) is 1.25. The van der Waals surface area contributed by atoms with Gasteiger partial charge in [0.15, 0.2) is 0 Å². The van der Waals surface area contributed by atoms with Crippen molar-refractivity contribution in [1.82, 2.24) is 14.2 Å². The molecular weight excluding hydrogens is 382 g/mol. The lowest BCUT2D eigenvalue weighted by Crippen LogP contribution is -2.46. The van der Waals surface area contributed by atoms with Gasteiger partial charge in [-0.2, -0.15) is 0 Å². The standard InChI is InChI=1S/C19H27N3O3S2/c1-13(2)22-14(3)12-17(15(22)4)19(23)21-9-7-16(8-10-21)20-27(24,25)18-6-5-11-26-18/h5-6,11-13,16,20H,7-10H2,1-4H3. The van der Waals surface area contributed by atoms with Gasteiger partial charge in [0.25, 0.3) is 5.91 Å². The molecule has 1 aliphatic rings. The molecule has 2 aromatic heterocycles. The van der Waals surface area contributed by atoms with Gasteiger partial charge in [0.2, 0.25) is 10.0 Å². The number of amides is 1. The highest BCUT2D eigenvalue weighted by atomic mass is 32.2. The first-order chi connectivity index (χ1) is 12.7. The zero-order valence-corrected chi connectivity index (χ0v) is 17.9. The summed E-state index contributed by atoms with van der Waals surface area (Å²) in [5.41, 5.74) is 2.83. The van der Waals surface area contributed by atoms with Crippen LogP contribution >= 0.6 is 11.3 Å². The topological polar surface area (TPSA) is 71.4 Å². The number of aryl methyl sites for hydroxylation is 1. The Balaban J connectivity index is 1.64. The van der Waals surface area contributed by atoms with Crippen LogP contribution in [0.4, 0.5) is 0 Å². The zero-order chi connectivity index (χ0) is 19.8. The molecule has 0 spiro atoms. The molecule has 2 aromatic rings. The SMILES string of the molecule is Cc1cc(C(=O)N2CCC(NS(=O)(=O)c3cccs3)CC2)c(C)n1C(C)C. The van der Waals surface area contributed by atoms with Crippen molar-refractivity contribution in [3.05, 3.63) is 40.5 Å². The van der Waals surface area contributed by atoms with Gasteiger partial charge in [0.1, 0.15) is 4.21 Å². The maximum absolute atomic E-state index is 13.0. The summed E-state index contributed by atoms with van der Waals surface area (Å²) < 4.78 is 30.0. The van der Waals surface area contributed by atoms with Crippen molar-refractivity contribution in [2.75, 3.05) is 13.1 Å². The quantitative estimate of drug-likeness (QED) is 0.823.